The molecule has 0 aliphatic heterocycles. The van der Waals surface area contributed by atoms with E-state index in [2.05, 4.69) is 29.8 Å². The fraction of sp³-hybridized carbons (Fsp3) is 0.231. The molecule has 6 heteroatoms. The first kappa shape index (κ1) is 13.9. The number of hydrogen-bond acceptors (Lipinski definition) is 4. The SMILES string of the molecule is CCNC(c1cc2sccc2s1)c1cc(Cl)sc1Cl. The van der Waals surface area contributed by atoms with E-state index in [1.165, 1.54) is 25.6 Å². The van der Waals surface area contributed by atoms with Crippen LogP contribution in [0, 0.1) is 0 Å². The summed E-state index contributed by atoms with van der Waals surface area (Å²) in [6.45, 7) is 2.99. The molecule has 1 N–H and O–H groups in total. The van der Waals surface area contributed by atoms with Crippen LogP contribution in [0.1, 0.15) is 23.4 Å². The van der Waals surface area contributed by atoms with Crippen LogP contribution >= 0.6 is 57.2 Å². The van der Waals surface area contributed by atoms with Gasteiger partial charge in [0.05, 0.1) is 14.7 Å². The second kappa shape index (κ2) is 5.72. The number of fused-ring (bicyclic) bond motifs is 1. The van der Waals surface area contributed by atoms with Crippen molar-refractivity contribution in [2.24, 2.45) is 0 Å². The lowest BCUT2D eigenvalue weighted by molar-refractivity contribution is 0.642. The van der Waals surface area contributed by atoms with Gasteiger partial charge >= 0.3 is 0 Å². The van der Waals surface area contributed by atoms with E-state index in [4.69, 9.17) is 23.2 Å². The molecule has 3 aromatic rings. The zero-order valence-electron chi connectivity index (χ0n) is 10.1. The van der Waals surface area contributed by atoms with Crippen molar-refractivity contribution >= 4 is 66.6 Å². The van der Waals surface area contributed by atoms with Crippen molar-refractivity contribution in [3.8, 4) is 0 Å². The maximum absolute atomic E-state index is 6.30. The smallest absolute Gasteiger partial charge is 0.0995 e. The van der Waals surface area contributed by atoms with Crippen LogP contribution in [0.15, 0.2) is 23.6 Å². The maximum Gasteiger partial charge on any atom is 0.0995 e. The van der Waals surface area contributed by atoms with Gasteiger partial charge in [0, 0.05) is 19.8 Å². The van der Waals surface area contributed by atoms with Crippen molar-refractivity contribution in [2.45, 2.75) is 13.0 Å². The average molecular weight is 348 g/mol. The summed E-state index contributed by atoms with van der Waals surface area (Å²) < 4.78 is 4.18. The number of nitrogens with one attached hydrogen (secondary N) is 1. The van der Waals surface area contributed by atoms with E-state index < -0.39 is 0 Å². The van der Waals surface area contributed by atoms with Gasteiger partial charge in [0.2, 0.25) is 0 Å². The van der Waals surface area contributed by atoms with Crippen molar-refractivity contribution in [3.05, 3.63) is 42.7 Å². The van der Waals surface area contributed by atoms with E-state index in [1.807, 2.05) is 17.4 Å². The monoisotopic (exact) mass is 347 g/mol. The van der Waals surface area contributed by atoms with Crippen LogP contribution in [0.2, 0.25) is 8.67 Å². The summed E-state index contributed by atoms with van der Waals surface area (Å²) in [7, 11) is 0. The summed E-state index contributed by atoms with van der Waals surface area (Å²) in [6.07, 6.45) is 0. The molecule has 1 nitrogen and oxygen atoms in total. The Bertz CT molecular complexity index is 669. The fourth-order valence-corrected chi connectivity index (χ4v) is 5.79. The van der Waals surface area contributed by atoms with Gasteiger partial charge in [0.1, 0.15) is 0 Å². The third-order valence-electron chi connectivity index (χ3n) is 2.85. The van der Waals surface area contributed by atoms with Crippen molar-refractivity contribution in [2.75, 3.05) is 6.54 Å². The molecule has 0 aromatic carbocycles. The van der Waals surface area contributed by atoms with Gasteiger partial charge in [0.25, 0.3) is 0 Å². The number of rotatable bonds is 4. The molecular weight excluding hydrogens is 337 g/mol. The van der Waals surface area contributed by atoms with E-state index >= 15 is 0 Å². The zero-order chi connectivity index (χ0) is 13.4. The number of thiophene rings is 3. The minimum atomic E-state index is 0.130. The predicted molar refractivity (Wildman–Crippen MR) is 89.6 cm³/mol. The summed E-state index contributed by atoms with van der Waals surface area (Å²) in [6, 6.07) is 6.51. The van der Waals surface area contributed by atoms with Gasteiger partial charge < -0.3 is 5.32 Å². The first-order valence-corrected chi connectivity index (χ1v) is 9.11. The molecule has 0 bridgehead atoms. The fourth-order valence-electron chi connectivity index (χ4n) is 2.04. The van der Waals surface area contributed by atoms with E-state index in [0.29, 0.717) is 0 Å². The maximum atomic E-state index is 6.30. The first-order valence-electron chi connectivity index (χ1n) is 5.84. The van der Waals surface area contributed by atoms with Crippen LogP contribution in [0.4, 0.5) is 0 Å². The molecule has 0 aliphatic rings. The van der Waals surface area contributed by atoms with Gasteiger partial charge in [-0.3, -0.25) is 0 Å². The van der Waals surface area contributed by atoms with E-state index in [0.717, 1.165) is 20.8 Å². The lowest BCUT2D eigenvalue weighted by Crippen LogP contribution is -2.20. The third kappa shape index (κ3) is 2.71. The predicted octanol–water partition coefficient (Wildman–Crippen LogP) is 6.03. The van der Waals surface area contributed by atoms with Crippen molar-refractivity contribution < 1.29 is 0 Å². The summed E-state index contributed by atoms with van der Waals surface area (Å²) in [5.74, 6) is 0. The van der Waals surface area contributed by atoms with E-state index in [1.54, 1.807) is 11.3 Å². The average Bonchev–Trinajstić information content (AvgIpc) is 3.00. The lowest BCUT2D eigenvalue weighted by Gasteiger charge is -2.15. The van der Waals surface area contributed by atoms with Crippen LogP contribution in [-0.4, -0.2) is 6.54 Å². The first-order chi connectivity index (χ1) is 9.19. The zero-order valence-corrected chi connectivity index (χ0v) is 14.0. The highest BCUT2D eigenvalue weighted by Gasteiger charge is 2.21. The minimum absolute atomic E-state index is 0.130. The van der Waals surface area contributed by atoms with Gasteiger partial charge in [0.15, 0.2) is 0 Å². The molecule has 3 rings (SSSR count). The Morgan fingerprint density at radius 3 is 2.68 bits per heavy atom. The summed E-state index contributed by atoms with van der Waals surface area (Å²) in [5.41, 5.74) is 1.08. The second-order valence-electron chi connectivity index (χ2n) is 4.07. The van der Waals surface area contributed by atoms with Crippen LogP contribution in [0.3, 0.4) is 0 Å². The molecule has 0 amide bonds. The van der Waals surface area contributed by atoms with E-state index in [9.17, 15) is 0 Å². The van der Waals surface area contributed by atoms with Crippen LogP contribution < -0.4 is 5.32 Å². The molecule has 0 fully saturated rings. The summed E-state index contributed by atoms with van der Waals surface area (Å²) in [5, 5.41) is 5.63. The molecule has 0 saturated heterocycles. The Morgan fingerprint density at radius 2 is 2.05 bits per heavy atom. The third-order valence-corrected chi connectivity index (χ3v) is 6.52. The molecule has 1 atom stereocenters. The highest BCUT2D eigenvalue weighted by atomic mass is 35.5. The van der Waals surface area contributed by atoms with Gasteiger partial charge in [-0.1, -0.05) is 30.1 Å². The molecule has 0 spiro atoms. The molecular formula is C13H11Cl2NS3. The van der Waals surface area contributed by atoms with Gasteiger partial charge in [-0.15, -0.1) is 34.0 Å². The van der Waals surface area contributed by atoms with Gasteiger partial charge in [-0.2, -0.15) is 0 Å². The van der Waals surface area contributed by atoms with Gasteiger partial charge in [-0.25, -0.2) is 0 Å². The Balaban J connectivity index is 2.05. The summed E-state index contributed by atoms with van der Waals surface area (Å²) in [4.78, 5) is 1.29. The van der Waals surface area contributed by atoms with E-state index in [-0.39, 0.29) is 6.04 Å². The Hall–Kier alpha value is -0.100. The highest BCUT2D eigenvalue weighted by molar-refractivity contribution is 7.27. The lowest BCUT2D eigenvalue weighted by atomic mass is 10.1. The normalized spacial score (nSPS) is 13.2. The standard InChI is InChI=1S/C13H11Cl2NS3/c1-2-16-12(7-5-11(14)19-13(7)15)10-6-9-8(18-10)3-4-17-9/h3-6,12,16H,2H2,1H3. The van der Waals surface area contributed by atoms with Crippen LogP contribution in [0.25, 0.3) is 9.40 Å². The second-order valence-corrected chi connectivity index (χ2v) is 8.42. The number of halogens is 2. The van der Waals surface area contributed by atoms with Crippen molar-refractivity contribution in [3.63, 3.8) is 0 Å². The Kier molecular flexibility index (Phi) is 4.17. The molecule has 3 aromatic heterocycles. The molecule has 0 aliphatic carbocycles. The van der Waals surface area contributed by atoms with Crippen molar-refractivity contribution in [1.82, 2.24) is 5.32 Å². The largest absolute Gasteiger partial charge is 0.306 e. The highest BCUT2D eigenvalue weighted by Crippen LogP contribution is 2.41. The molecule has 1 unspecified atom stereocenters. The van der Waals surface area contributed by atoms with Crippen molar-refractivity contribution in [1.29, 1.82) is 0 Å². The topological polar surface area (TPSA) is 12.0 Å². The van der Waals surface area contributed by atoms with Crippen LogP contribution in [-0.2, 0) is 0 Å². The molecule has 100 valence electrons. The molecule has 0 saturated carbocycles. The summed E-state index contributed by atoms with van der Waals surface area (Å²) >= 11 is 17.4. The Labute approximate surface area is 133 Å². The van der Waals surface area contributed by atoms with Gasteiger partial charge in [-0.05, 0) is 30.1 Å². The number of hydrogen-bond donors (Lipinski definition) is 1. The molecule has 19 heavy (non-hydrogen) atoms. The molecule has 0 radical (unpaired) electrons. The van der Waals surface area contributed by atoms with Crippen LogP contribution in [0.5, 0.6) is 0 Å². The molecule has 3 heterocycles. The quantitative estimate of drug-likeness (QED) is 0.607. The minimum Gasteiger partial charge on any atom is -0.306 e. The Morgan fingerprint density at radius 1 is 1.21 bits per heavy atom.